The lowest BCUT2D eigenvalue weighted by atomic mass is 9.86. The van der Waals surface area contributed by atoms with Crippen LogP contribution in [0.2, 0.25) is 0 Å². The quantitative estimate of drug-likeness (QED) is 0.123. The first-order valence-corrected chi connectivity index (χ1v) is 16.9. The maximum atomic E-state index is 4.88. The van der Waals surface area contributed by atoms with E-state index in [9.17, 15) is 0 Å². The van der Waals surface area contributed by atoms with Gasteiger partial charge in [0.15, 0.2) is 0 Å². The average molecular weight is 616 g/mol. The van der Waals surface area contributed by atoms with Gasteiger partial charge in [-0.3, -0.25) is 0 Å². The van der Waals surface area contributed by atoms with E-state index in [1.165, 1.54) is 44.1 Å². The largest absolute Gasteiger partial charge is 0.372 e. The standard InChI is InChI=1S/C41H53N5/c1-9-11-13-28-46(29-14-12-10-2)32(5)34-20-24-36(25-21-34)44-40-42-27-26-39(45-40)37-16-15-17-38(30(37)3)43-31(4)33-18-22-35(23-19-33)41(6,7)8/h15-27,43H,4-5,9-14,28-29H2,1-3,6-8H3,(H,42,44,45). The molecule has 5 heteroatoms. The van der Waals surface area contributed by atoms with Gasteiger partial charge in [0.1, 0.15) is 0 Å². The van der Waals surface area contributed by atoms with Gasteiger partial charge in [0.25, 0.3) is 0 Å². The van der Waals surface area contributed by atoms with E-state index in [0.717, 1.165) is 63.8 Å². The molecule has 4 rings (SSSR count). The van der Waals surface area contributed by atoms with Crippen molar-refractivity contribution in [2.45, 2.75) is 85.5 Å². The fraction of sp³-hybridized carbons (Fsp3) is 0.366. The molecule has 5 nitrogen and oxygen atoms in total. The van der Waals surface area contributed by atoms with Gasteiger partial charge in [0, 0.05) is 47.6 Å². The van der Waals surface area contributed by atoms with Crippen LogP contribution in [0, 0.1) is 6.92 Å². The van der Waals surface area contributed by atoms with Crippen LogP contribution >= 0.6 is 0 Å². The third kappa shape index (κ3) is 9.32. The number of nitrogens with one attached hydrogen (secondary N) is 2. The molecule has 0 radical (unpaired) electrons. The zero-order chi connectivity index (χ0) is 33.1. The Bertz CT molecular complexity index is 1570. The highest BCUT2D eigenvalue weighted by molar-refractivity contribution is 5.81. The number of anilines is 3. The van der Waals surface area contributed by atoms with Gasteiger partial charge in [-0.15, -0.1) is 0 Å². The molecule has 0 atom stereocenters. The molecule has 1 aromatic heterocycles. The Labute approximate surface area is 277 Å². The normalized spacial score (nSPS) is 11.3. The zero-order valence-electron chi connectivity index (χ0n) is 28.9. The summed E-state index contributed by atoms with van der Waals surface area (Å²) in [6.45, 7) is 24.2. The lowest BCUT2D eigenvalue weighted by Gasteiger charge is -2.27. The monoisotopic (exact) mass is 615 g/mol. The molecule has 0 amide bonds. The third-order valence-electron chi connectivity index (χ3n) is 8.57. The molecule has 0 aliphatic heterocycles. The molecular weight excluding hydrogens is 562 g/mol. The van der Waals surface area contributed by atoms with Crippen LogP contribution < -0.4 is 10.6 Å². The molecule has 1 heterocycles. The molecule has 0 fully saturated rings. The number of hydrogen-bond donors (Lipinski definition) is 2. The number of hydrogen-bond acceptors (Lipinski definition) is 5. The highest BCUT2D eigenvalue weighted by atomic mass is 15.1. The Morgan fingerprint density at radius 2 is 1.41 bits per heavy atom. The first-order chi connectivity index (χ1) is 22.1. The van der Waals surface area contributed by atoms with Crippen LogP contribution in [-0.2, 0) is 5.41 Å². The van der Waals surface area contributed by atoms with Crippen LogP contribution in [0.5, 0.6) is 0 Å². The molecule has 3 aromatic carbocycles. The summed E-state index contributed by atoms with van der Waals surface area (Å²) in [5, 5.41) is 6.94. The van der Waals surface area contributed by atoms with Crippen molar-refractivity contribution in [1.82, 2.24) is 14.9 Å². The van der Waals surface area contributed by atoms with Gasteiger partial charge in [0.05, 0.1) is 5.69 Å². The van der Waals surface area contributed by atoms with Crippen molar-refractivity contribution < 1.29 is 0 Å². The van der Waals surface area contributed by atoms with Crippen LogP contribution in [0.4, 0.5) is 17.3 Å². The molecule has 0 unspecified atom stereocenters. The Morgan fingerprint density at radius 3 is 2.02 bits per heavy atom. The van der Waals surface area contributed by atoms with Crippen LogP contribution in [0.15, 0.2) is 92.2 Å². The average Bonchev–Trinajstić information content (AvgIpc) is 3.05. The van der Waals surface area contributed by atoms with Gasteiger partial charge < -0.3 is 15.5 Å². The predicted octanol–water partition coefficient (Wildman–Crippen LogP) is 11.2. The topological polar surface area (TPSA) is 53.1 Å². The van der Waals surface area contributed by atoms with Gasteiger partial charge in [-0.25, -0.2) is 9.97 Å². The number of nitrogens with zero attached hydrogens (tertiary/aromatic N) is 3. The molecular formula is C41H53N5. The minimum Gasteiger partial charge on any atom is -0.372 e. The fourth-order valence-electron chi connectivity index (χ4n) is 5.57. The number of unbranched alkanes of at least 4 members (excludes halogenated alkanes) is 4. The van der Waals surface area contributed by atoms with Crippen LogP contribution in [0.1, 0.15) is 95.4 Å². The van der Waals surface area contributed by atoms with Gasteiger partial charge in [-0.05, 0) is 71.7 Å². The van der Waals surface area contributed by atoms with Gasteiger partial charge in [0.2, 0.25) is 5.95 Å². The second-order valence-corrected chi connectivity index (χ2v) is 13.2. The minimum absolute atomic E-state index is 0.116. The number of benzene rings is 3. The SMILES string of the molecule is C=C(Nc1cccc(-c2ccnc(Nc3ccc(C(=C)N(CCCCC)CCCCC)cc3)n2)c1C)c1ccc(C(C)(C)C)cc1. The van der Waals surface area contributed by atoms with Crippen LogP contribution in [0.25, 0.3) is 22.7 Å². The van der Waals surface area contributed by atoms with Crippen molar-refractivity contribution >= 4 is 28.7 Å². The molecule has 46 heavy (non-hydrogen) atoms. The first kappa shape index (κ1) is 34.5. The highest BCUT2D eigenvalue weighted by Gasteiger charge is 2.15. The molecule has 0 saturated heterocycles. The van der Waals surface area contributed by atoms with E-state index in [4.69, 9.17) is 4.98 Å². The van der Waals surface area contributed by atoms with Crippen molar-refractivity contribution in [2.24, 2.45) is 0 Å². The summed E-state index contributed by atoms with van der Waals surface area (Å²) in [6, 6.07) is 25.3. The van der Waals surface area contributed by atoms with E-state index < -0.39 is 0 Å². The summed E-state index contributed by atoms with van der Waals surface area (Å²) >= 11 is 0. The van der Waals surface area contributed by atoms with E-state index in [-0.39, 0.29) is 5.41 Å². The first-order valence-electron chi connectivity index (χ1n) is 16.9. The van der Waals surface area contributed by atoms with E-state index in [1.807, 2.05) is 6.07 Å². The summed E-state index contributed by atoms with van der Waals surface area (Å²) in [5.74, 6) is 0.561. The van der Waals surface area contributed by atoms with E-state index in [1.54, 1.807) is 6.20 Å². The van der Waals surface area contributed by atoms with Gasteiger partial charge in [-0.2, -0.15) is 0 Å². The second kappa shape index (κ2) is 16.3. The minimum atomic E-state index is 0.116. The predicted molar refractivity (Wildman–Crippen MR) is 199 cm³/mol. The van der Waals surface area contributed by atoms with E-state index in [0.29, 0.717) is 5.95 Å². The van der Waals surface area contributed by atoms with Gasteiger partial charge in [-0.1, -0.05) is 122 Å². The lowest BCUT2D eigenvalue weighted by molar-refractivity contribution is 0.372. The Hall–Kier alpha value is -4.38. The van der Waals surface area contributed by atoms with Gasteiger partial charge >= 0.3 is 0 Å². The van der Waals surface area contributed by atoms with Crippen molar-refractivity contribution in [3.05, 3.63) is 114 Å². The smallest absolute Gasteiger partial charge is 0.227 e. The summed E-state index contributed by atoms with van der Waals surface area (Å²) in [7, 11) is 0. The molecule has 0 aliphatic carbocycles. The van der Waals surface area contributed by atoms with E-state index in [2.05, 4.69) is 142 Å². The number of rotatable bonds is 16. The summed E-state index contributed by atoms with van der Waals surface area (Å²) in [6.07, 6.45) is 9.16. The summed E-state index contributed by atoms with van der Waals surface area (Å²) < 4.78 is 0. The molecule has 0 aliphatic rings. The third-order valence-corrected chi connectivity index (χ3v) is 8.57. The maximum Gasteiger partial charge on any atom is 0.227 e. The van der Waals surface area contributed by atoms with Crippen molar-refractivity contribution in [3.8, 4) is 11.3 Å². The van der Waals surface area contributed by atoms with E-state index >= 15 is 0 Å². The molecule has 0 saturated carbocycles. The maximum absolute atomic E-state index is 4.88. The van der Waals surface area contributed by atoms with Crippen LogP contribution in [-0.4, -0.2) is 28.0 Å². The molecule has 242 valence electrons. The van der Waals surface area contributed by atoms with Crippen molar-refractivity contribution in [3.63, 3.8) is 0 Å². The zero-order valence-corrected chi connectivity index (χ0v) is 28.9. The van der Waals surface area contributed by atoms with Crippen molar-refractivity contribution in [1.29, 1.82) is 0 Å². The Balaban J connectivity index is 1.45. The highest BCUT2D eigenvalue weighted by Crippen LogP contribution is 2.31. The Kier molecular flexibility index (Phi) is 12.2. The van der Waals surface area contributed by atoms with Crippen molar-refractivity contribution in [2.75, 3.05) is 23.7 Å². The number of aromatic nitrogens is 2. The molecule has 0 bridgehead atoms. The Morgan fingerprint density at radius 1 is 0.783 bits per heavy atom. The molecule has 2 N–H and O–H groups in total. The molecule has 4 aromatic rings. The van der Waals surface area contributed by atoms with Crippen LogP contribution in [0.3, 0.4) is 0 Å². The second-order valence-electron chi connectivity index (χ2n) is 13.2. The fourth-order valence-corrected chi connectivity index (χ4v) is 5.57. The summed E-state index contributed by atoms with van der Waals surface area (Å²) in [5.41, 5.74) is 10.6. The lowest BCUT2D eigenvalue weighted by Crippen LogP contribution is -2.24. The molecule has 0 spiro atoms. The summed E-state index contributed by atoms with van der Waals surface area (Å²) in [4.78, 5) is 11.9.